The fraction of sp³-hybridized carbons (Fsp3) is 0. The van der Waals surface area contributed by atoms with E-state index >= 15 is 0 Å². The molecule has 3 nitrogen and oxygen atoms in total. The summed E-state index contributed by atoms with van der Waals surface area (Å²) in [6, 6.07) is 7.67. The maximum absolute atomic E-state index is 4.04. The van der Waals surface area contributed by atoms with Gasteiger partial charge in [0.05, 0.1) is 0 Å². The second-order valence-electron chi connectivity index (χ2n) is 1.97. The number of rotatable bonds is 0. The Kier molecular flexibility index (Phi) is 2.95. The van der Waals surface area contributed by atoms with E-state index in [0.717, 1.165) is 11.0 Å². The van der Waals surface area contributed by atoms with Crippen molar-refractivity contribution in [2.45, 2.75) is 0 Å². The number of hydrogen-bond acceptors (Lipinski definition) is 3. The molecule has 1 aromatic heterocycles. The van der Waals surface area contributed by atoms with Crippen molar-refractivity contribution in [1.29, 1.82) is 0 Å². The minimum atomic E-state index is 0. The molecule has 0 aliphatic heterocycles. The molecule has 0 aliphatic rings. The molecule has 0 N–H and O–H groups in total. The fourth-order valence-corrected chi connectivity index (χ4v) is 1.07. The van der Waals surface area contributed by atoms with Gasteiger partial charge in [-0.1, -0.05) is 17.3 Å². The summed E-state index contributed by atoms with van der Waals surface area (Å²) in [6.07, 6.45) is 0. The predicted octanol–water partition coefficient (Wildman–Crippen LogP) is 0.476. The Morgan fingerprint density at radius 1 is 1.27 bits per heavy atom. The Hall–Kier alpha value is -0.0300. The second-order valence-corrected chi connectivity index (χ2v) is 2.35. The van der Waals surface area contributed by atoms with Crippen LogP contribution < -0.4 is 0 Å². The number of fused-ring (bicyclic) bond motifs is 1. The van der Waals surface area contributed by atoms with Gasteiger partial charge in [-0.25, -0.2) is 0 Å². The molecule has 0 saturated carbocycles. The number of thiol groups is 1. The van der Waals surface area contributed by atoms with E-state index in [9.17, 15) is 0 Å². The number of para-hydroxylation sites is 1. The van der Waals surface area contributed by atoms with E-state index in [-0.39, 0.29) is 29.6 Å². The normalized spacial score (nSPS) is 9.55. The molecule has 0 spiro atoms. The van der Waals surface area contributed by atoms with Gasteiger partial charge in [0.2, 0.25) is 0 Å². The van der Waals surface area contributed by atoms with Crippen LogP contribution in [0.4, 0.5) is 0 Å². The van der Waals surface area contributed by atoms with E-state index in [1.165, 1.54) is 4.09 Å². The van der Waals surface area contributed by atoms with Crippen molar-refractivity contribution in [2.75, 3.05) is 0 Å². The minimum absolute atomic E-state index is 0. The van der Waals surface area contributed by atoms with Crippen molar-refractivity contribution < 1.29 is 0 Å². The topological polar surface area (TPSA) is 30.7 Å². The van der Waals surface area contributed by atoms with Gasteiger partial charge in [0.1, 0.15) is 11.0 Å². The van der Waals surface area contributed by atoms with Crippen LogP contribution in [0, 0.1) is 0 Å². The molecule has 0 bridgehead atoms. The van der Waals surface area contributed by atoms with Crippen molar-refractivity contribution in [3.63, 3.8) is 0 Å². The Labute approximate surface area is 91.6 Å². The number of benzene rings is 1. The van der Waals surface area contributed by atoms with Gasteiger partial charge in [-0.15, -0.1) is 5.10 Å². The Morgan fingerprint density at radius 3 is 2.73 bits per heavy atom. The summed E-state index contributed by atoms with van der Waals surface area (Å²) in [5.74, 6) is 0. The van der Waals surface area contributed by atoms with E-state index < -0.39 is 0 Å². The van der Waals surface area contributed by atoms with Crippen molar-refractivity contribution in [1.82, 2.24) is 14.4 Å². The van der Waals surface area contributed by atoms with Crippen molar-refractivity contribution in [3.8, 4) is 0 Å². The van der Waals surface area contributed by atoms with Crippen LogP contribution in [-0.4, -0.2) is 44.0 Å². The van der Waals surface area contributed by atoms with Crippen LogP contribution in [0.2, 0.25) is 0 Å². The van der Waals surface area contributed by atoms with Crippen LogP contribution in [0.15, 0.2) is 24.3 Å². The molecule has 0 radical (unpaired) electrons. The van der Waals surface area contributed by atoms with E-state index in [2.05, 4.69) is 23.1 Å². The van der Waals surface area contributed by atoms with Crippen LogP contribution in [0.1, 0.15) is 0 Å². The van der Waals surface area contributed by atoms with Crippen LogP contribution in [0.3, 0.4) is 0 Å². The first-order valence-corrected chi connectivity index (χ1v) is 3.27. The second kappa shape index (κ2) is 3.58. The first-order chi connectivity index (χ1) is 4.88. The molecule has 0 aliphatic carbocycles. The van der Waals surface area contributed by atoms with Crippen molar-refractivity contribution in [2.24, 2.45) is 0 Å². The van der Waals surface area contributed by atoms with Gasteiger partial charge < -0.3 is 0 Å². The molecular weight excluding hydrogens is 169 g/mol. The van der Waals surface area contributed by atoms with Crippen molar-refractivity contribution in [3.05, 3.63) is 24.3 Å². The average Bonchev–Trinajstić information content (AvgIpc) is 2.34. The molecule has 0 fully saturated rings. The van der Waals surface area contributed by atoms with Gasteiger partial charge in [-0.05, 0) is 24.9 Å². The van der Waals surface area contributed by atoms with Crippen LogP contribution >= 0.6 is 12.8 Å². The van der Waals surface area contributed by atoms with Gasteiger partial charge in [0.15, 0.2) is 0 Å². The molecular formula is C6H6N3NaS. The molecule has 0 amide bonds. The first kappa shape index (κ1) is 9.06. The third-order valence-corrected chi connectivity index (χ3v) is 1.63. The third-order valence-electron chi connectivity index (χ3n) is 1.33. The Bertz CT molecular complexity index is 359. The molecule has 0 atom stereocenters. The summed E-state index contributed by atoms with van der Waals surface area (Å²) in [5.41, 5.74) is 1.81. The molecule has 1 heterocycles. The van der Waals surface area contributed by atoms with Gasteiger partial charge in [0, 0.05) is 0 Å². The molecule has 5 heteroatoms. The zero-order chi connectivity index (χ0) is 6.97. The quantitative estimate of drug-likeness (QED) is 0.466. The Balaban J connectivity index is 0.000000605. The summed E-state index contributed by atoms with van der Waals surface area (Å²) in [4.78, 5) is 0. The van der Waals surface area contributed by atoms with Gasteiger partial charge in [-0.3, -0.25) is 0 Å². The third kappa shape index (κ3) is 1.59. The van der Waals surface area contributed by atoms with E-state index in [0.29, 0.717) is 0 Å². The number of hydrogen-bond donors (Lipinski definition) is 1. The molecule has 11 heavy (non-hydrogen) atoms. The predicted molar refractivity (Wildman–Crippen MR) is 49.1 cm³/mol. The van der Waals surface area contributed by atoms with Crippen LogP contribution in [-0.2, 0) is 0 Å². The van der Waals surface area contributed by atoms with Gasteiger partial charge in [-0.2, -0.15) is 4.09 Å². The van der Waals surface area contributed by atoms with E-state index in [1.54, 1.807) is 0 Å². The van der Waals surface area contributed by atoms with Crippen molar-refractivity contribution >= 4 is 53.4 Å². The fourth-order valence-electron chi connectivity index (χ4n) is 0.857. The SMILES string of the molecule is Sn1nnc2ccccc21.[NaH]. The summed E-state index contributed by atoms with van der Waals surface area (Å²) in [6.45, 7) is 0. The zero-order valence-corrected chi connectivity index (χ0v) is 5.99. The monoisotopic (exact) mass is 175 g/mol. The van der Waals surface area contributed by atoms with Crippen LogP contribution in [0.5, 0.6) is 0 Å². The molecule has 52 valence electrons. The summed E-state index contributed by atoms with van der Waals surface area (Å²) >= 11 is 4.04. The number of aromatic nitrogens is 3. The molecule has 0 saturated heterocycles. The van der Waals surface area contributed by atoms with Gasteiger partial charge >= 0.3 is 29.6 Å². The number of nitrogens with zero attached hydrogens (tertiary/aromatic N) is 3. The zero-order valence-electron chi connectivity index (χ0n) is 5.10. The first-order valence-electron chi connectivity index (χ1n) is 2.87. The summed E-state index contributed by atoms with van der Waals surface area (Å²) in [7, 11) is 0. The molecule has 0 unspecified atom stereocenters. The maximum atomic E-state index is 4.04. The van der Waals surface area contributed by atoms with E-state index in [1.807, 2.05) is 24.3 Å². The standard InChI is InChI=1S/C6H5N3S.Na.H/c10-9-6-4-2-1-3-5(6)7-8-9;;/h1-4,10H;;. The summed E-state index contributed by atoms with van der Waals surface area (Å²) in [5, 5.41) is 7.58. The molecule has 1 aromatic carbocycles. The average molecular weight is 175 g/mol. The molecule has 2 rings (SSSR count). The Morgan fingerprint density at radius 2 is 2.00 bits per heavy atom. The van der Waals surface area contributed by atoms with Gasteiger partial charge in [0.25, 0.3) is 0 Å². The molecule has 2 aromatic rings. The van der Waals surface area contributed by atoms with Crippen LogP contribution in [0.25, 0.3) is 11.0 Å². The summed E-state index contributed by atoms with van der Waals surface area (Å²) < 4.78 is 1.45. The van der Waals surface area contributed by atoms with E-state index in [4.69, 9.17) is 0 Å².